The lowest BCUT2D eigenvalue weighted by atomic mass is 10.1. The fourth-order valence-corrected chi connectivity index (χ4v) is 2.53. The lowest BCUT2D eigenvalue weighted by molar-refractivity contribution is 0.0603. The van der Waals surface area contributed by atoms with E-state index in [0.717, 1.165) is 23.1 Å². The van der Waals surface area contributed by atoms with Gasteiger partial charge in [0.2, 0.25) is 0 Å². The molecule has 1 aliphatic heterocycles. The van der Waals surface area contributed by atoms with Crippen LogP contribution in [-0.2, 0) is 0 Å². The predicted octanol–water partition coefficient (Wildman–Crippen LogP) is 2.27. The summed E-state index contributed by atoms with van der Waals surface area (Å²) in [6.45, 7) is 5.85. The molecule has 2 rings (SSSR count). The molecule has 1 aliphatic rings. The van der Waals surface area contributed by atoms with Crippen LogP contribution in [-0.4, -0.2) is 36.0 Å². The average Bonchev–Trinajstić information content (AvgIpc) is 2.32. The first kappa shape index (κ1) is 12.6. The third kappa shape index (κ3) is 2.69. The van der Waals surface area contributed by atoms with E-state index >= 15 is 0 Å². The van der Waals surface area contributed by atoms with Crippen LogP contribution in [0.1, 0.15) is 24.2 Å². The van der Waals surface area contributed by atoms with Gasteiger partial charge in [-0.3, -0.25) is 4.79 Å². The van der Waals surface area contributed by atoms with Crippen molar-refractivity contribution >= 4 is 21.8 Å². The van der Waals surface area contributed by atoms with Crippen molar-refractivity contribution < 1.29 is 4.79 Å². The highest BCUT2D eigenvalue weighted by atomic mass is 79.9. The first-order chi connectivity index (χ1) is 8.09. The van der Waals surface area contributed by atoms with Gasteiger partial charge in [-0.15, -0.1) is 0 Å². The van der Waals surface area contributed by atoms with Crippen LogP contribution in [0.4, 0.5) is 0 Å². The number of rotatable bonds is 1. The second-order valence-corrected chi connectivity index (χ2v) is 5.41. The zero-order chi connectivity index (χ0) is 12.4. The first-order valence-corrected chi connectivity index (χ1v) is 6.69. The Labute approximate surface area is 110 Å². The van der Waals surface area contributed by atoms with Crippen molar-refractivity contribution in [1.82, 2.24) is 10.2 Å². The number of nitrogens with one attached hydrogen (secondary N) is 1. The second-order valence-electron chi connectivity index (χ2n) is 4.49. The Morgan fingerprint density at radius 3 is 2.94 bits per heavy atom. The average molecular weight is 297 g/mol. The van der Waals surface area contributed by atoms with Crippen molar-refractivity contribution in [1.29, 1.82) is 0 Å². The standard InChI is InChI=1S/C13H17BrN2O/c1-9-10(2)16(7-6-15-9)13(17)11-4-3-5-12(14)8-11/h3-5,8-10,15H,6-7H2,1-2H3. The van der Waals surface area contributed by atoms with Gasteiger partial charge in [0.1, 0.15) is 0 Å². The predicted molar refractivity (Wildman–Crippen MR) is 72.1 cm³/mol. The first-order valence-electron chi connectivity index (χ1n) is 5.89. The molecule has 1 fully saturated rings. The summed E-state index contributed by atoms with van der Waals surface area (Å²) in [5.41, 5.74) is 0.750. The second kappa shape index (κ2) is 5.19. The Bertz CT molecular complexity index is 422. The topological polar surface area (TPSA) is 32.3 Å². The minimum atomic E-state index is 0.118. The van der Waals surface area contributed by atoms with Gasteiger partial charge in [0.25, 0.3) is 5.91 Å². The van der Waals surface area contributed by atoms with Gasteiger partial charge in [-0.25, -0.2) is 0 Å². The fraction of sp³-hybridized carbons (Fsp3) is 0.462. The highest BCUT2D eigenvalue weighted by Gasteiger charge is 2.28. The van der Waals surface area contributed by atoms with Crippen molar-refractivity contribution in [3.05, 3.63) is 34.3 Å². The van der Waals surface area contributed by atoms with Crippen LogP contribution in [0.25, 0.3) is 0 Å². The third-order valence-corrected chi connectivity index (χ3v) is 3.86. The van der Waals surface area contributed by atoms with E-state index in [4.69, 9.17) is 0 Å². The van der Waals surface area contributed by atoms with Gasteiger partial charge in [-0.2, -0.15) is 0 Å². The van der Waals surface area contributed by atoms with E-state index < -0.39 is 0 Å². The molecule has 1 aromatic rings. The molecule has 0 aromatic heterocycles. The molecule has 0 spiro atoms. The number of halogens is 1. The molecule has 1 aromatic carbocycles. The summed E-state index contributed by atoms with van der Waals surface area (Å²) >= 11 is 3.40. The monoisotopic (exact) mass is 296 g/mol. The molecule has 2 unspecified atom stereocenters. The van der Waals surface area contributed by atoms with Gasteiger partial charge in [0.15, 0.2) is 0 Å². The number of nitrogens with zero attached hydrogens (tertiary/aromatic N) is 1. The van der Waals surface area contributed by atoms with Gasteiger partial charge in [-0.1, -0.05) is 22.0 Å². The summed E-state index contributed by atoms with van der Waals surface area (Å²) < 4.78 is 0.944. The van der Waals surface area contributed by atoms with Gasteiger partial charge < -0.3 is 10.2 Å². The Hall–Kier alpha value is -0.870. The summed E-state index contributed by atoms with van der Waals surface area (Å²) in [7, 11) is 0. The van der Waals surface area contributed by atoms with E-state index in [1.54, 1.807) is 0 Å². The van der Waals surface area contributed by atoms with E-state index in [1.165, 1.54) is 0 Å². The lowest BCUT2D eigenvalue weighted by Gasteiger charge is -2.38. The van der Waals surface area contributed by atoms with E-state index in [0.29, 0.717) is 6.04 Å². The number of amides is 1. The molecule has 0 radical (unpaired) electrons. The number of hydrogen-bond acceptors (Lipinski definition) is 2. The summed E-state index contributed by atoms with van der Waals surface area (Å²) in [4.78, 5) is 14.3. The van der Waals surface area contributed by atoms with Crippen LogP contribution >= 0.6 is 15.9 Å². The quantitative estimate of drug-likeness (QED) is 0.862. The molecule has 1 saturated heterocycles. The highest BCUT2D eigenvalue weighted by Crippen LogP contribution is 2.17. The maximum Gasteiger partial charge on any atom is 0.254 e. The lowest BCUT2D eigenvalue weighted by Crippen LogP contribution is -2.57. The Morgan fingerprint density at radius 1 is 1.47 bits per heavy atom. The number of carbonyl (C=O) groups excluding carboxylic acids is 1. The van der Waals surface area contributed by atoms with Gasteiger partial charge >= 0.3 is 0 Å². The maximum absolute atomic E-state index is 12.4. The Morgan fingerprint density at radius 2 is 2.24 bits per heavy atom. The number of hydrogen-bond donors (Lipinski definition) is 1. The van der Waals surface area contributed by atoms with Gasteiger partial charge in [0.05, 0.1) is 0 Å². The van der Waals surface area contributed by atoms with Crippen LogP contribution in [0.2, 0.25) is 0 Å². The number of benzene rings is 1. The molecule has 1 amide bonds. The van der Waals surface area contributed by atoms with Crippen molar-refractivity contribution in [2.24, 2.45) is 0 Å². The smallest absolute Gasteiger partial charge is 0.254 e. The van der Waals surface area contributed by atoms with Crippen molar-refractivity contribution in [3.63, 3.8) is 0 Å². The Kier molecular flexibility index (Phi) is 3.84. The molecular formula is C13H17BrN2O. The van der Waals surface area contributed by atoms with Crippen LogP contribution in [0, 0.1) is 0 Å². The van der Waals surface area contributed by atoms with Crippen molar-refractivity contribution in [2.45, 2.75) is 25.9 Å². The van der Waals surface area contributed by atoms with Crippen LogP contribution in [0.3, 0.4) is 0 Å². The van der Waals surface area contributed by atoms with E-state index in [9.17, 15) is 4.79 Å². The molecule has 0 saturated carbocycles. The molecular weight excluding hydrogens is 280 g/mol. The fourth-order valence-electron chi connectivity index (χ4n) is 2.13. The molecule has 0 aliphatic carbocycles. The molecule has 1 N–H and O–H groups in total. The minimum absolute atomic E-state index is 0.118. The zero-order valence-electron chi connectivity index (χ0n) is 10.1. The summed E-state index contributed by atoms with van der Waals surface area (Å²) in [6.07, 6.45) is 0. The van der Waals surface area contributed by atoms with Gasteiger partial charge in [-0.05, 0) is 32.0 Å². The van der Waals surface area contributed by atoms with Gasteiger partial charge in [0, 0.05) is 35.2 Å². The molecule has 4 heteroatoms. The molecule has 0 bridgehead atoms. The Balaban J connectivity index is 2.19. The minimum Gasteiger partial charge on any atom is -0.333 e. The van der Waals surface area contributed by atoms with Crippen LogP contribution < -0.4 is 5.32 Å². The van der Waals surface area contributed by atoms with E-state index in [2.05, 4.69) is 35.1 Å². The van der Waals surface area contributed by atoms with E-state index in [-0.39, 0.29) is 11.9 Å². The summed E-state index contributed by atoms with van der Waals surface area (Å²) in [6, 6.07) is 8.15. The van der Waals surface area contributed by atoms with Crippen molar-refractivity contribution in [3.8, 4) is 0 Å². The number of carbonyl (C=O) groups is 1. The molecule has 92 valence electrons. The number of piperazine rings is 1. The molecule has 1 heterocycles. The highest BCUT2D eigenvalue weighted by molar-refractivity contribution is 9.10. The summed E-state index contributed by atoms with van der Waals surface area (Å²) in [5.74, 6) is 0.118. The molecule has 17 heavy (non-hydrogen) atoms. The largest absolute Gasteiger partial charge is 0.333 e. The summed E-state index contributed by atoms with van der Waals surface area (Å²) in [5, 5.41) is 3.38. The maximum atomic E-state index is 12.4. The molecule has 2 atom stereocenters. The third-order valence-electron chi connectivity index (χ3n) is 3.37. The van der Waals surface area contributed by atoms with E-state index in [1.807, 2.05) is 29.2 Å². The SMILES string of the molecule is CC1NCCN(C(=O)c2cccc(Br)c2)C1C. The normalized spacial score (nSPS) is 24.8. The molecule has 3 nitrogen and oxygen atoms in total. The zero-order valence-corrected chi connectivity index (χ0v) is 11.7. The van der Waals surface area contributed by atoms with Crippen LogP contribution in [0.5, 0.6) is 0 Å². The van der Waals surface area contributed by atoms with Crippen LogP contribution in [0.15, 0.2) is 28.7 Å². The van der Waals surface area contributed by atoms with Crippen molar-refractivity contribution in [2.75, 3.05) is 13.1 Å².